The molecule has 7 nitrogen and oxygen atoms in total. The third kappa shape index (κ3) is 4.08. The first-order chi connectivity index (χ1) is 17.1. The minimum atomic E-state index is -0.754. The molecule has 2 bridgehead atoms. The molecule has 1 aromatic carbocycles. The minimum absolute atomic E-state index is 0.0817. The number of carbonyl (C=O) groups is 3. The van der Waals surface area contributed by atoms with Crippen LogP contribution in [0.2, 0.25) is 0 Å². The summed E-state index contributed by atoms with van der Waals surface area (Å²) < 4.78 is -1.14. The number of thioether (sulfide) groups is 1. The molecule has 0 radical (unpaired) electrons. The number of likely N-dealkylation sites (N-methyl/N-ethyl adjacent to an activating group) is 1. The van der Waals surface area contributed by atoms with Gasteiger partial charge in [-0.1, -0.05) is 42.5 Å². The first-order valence-electron chi connectivity index (χ1n) is 12.6. The Labute approximate surface area is 218 Å². The monoisotopic (exact) mass is 511 g/mol. The molecule has 36 heavy (non-hydrogen) atoms. The summed E-state index contributed by atoms with van der Waals surface area (Å²) in [5, 5.41) is 10.1. The van der Waals surface area contributed by atoms with Gasteiger partial charge in [0.1, 0.15) is 6.04 Å². The predicted molar refractivity (Wildman–Crippen MR) is 142 cm³/mol. The van der Waals surface area contributed by atoms with Crippen LogP contribution in [0.15, 0.2) is 55.6 Å². The number of nitrogens with zero attached hydrogens (tertiary/aromatic N) is 3. The van der Waals surface area contributed by atoms with Gasteiger partial charge in [0, 0.05) is 31.4 Å². The van der Waals surface area contributed by atoms with E-state index >= 15 is 0 Å². The van der Waals surface area contributed by atoms with E-state index in [0.29, 0.717) is 26.1 Å². The Kier molecular flexibility index (Phi) is 7.40. The second kappa shape index (κ2) is 10.1. The fraction of sp³-hybridized carbons (Fsp3) is 0.536. The van der Waals surface area contributed by atoms with Crippen LogP contribution in [0, 0.1) is 11.8 Å². The third-order valence-corrected chi connectivity index (χ3v) is 10.1. The molecule has 3 heterocycles. The summed E-state index contributed by atoms with van der Waals surface area (Å²) in [4.78, 5) is 47.0. The molecule has 1 N–H and O–H groups in total. The lowest BCUT2D eigenvalue weighted by molar-refractivity contribution is -0.147. The van der Waals surface area contributed by atoms with E-state index in [4.69, 9.17) is 0 Å². The van der Waals surface area contributed by atoms with E-state index in [9.17, 15) is 19.5 Å². The average Bonchev–Trinajstić information content (AvgIpc) is 3.44. The van der Waals surface area contributed by atoms with Crippen molar-refractivity contribution in [2.24, 2.45) is 11.8 Å². The van der Waals surface area contributed by atoms with Crippen molar-refractivity contribution in [1.29, 1.82) is 0 Å². The van der Waals surface area contributed by atoms with Crippen molar-refractivity contribution >= 4 is 29.5 Å². The van der Waals surface area contributed by atoms with Crippen LogP contribution in [0.4, 0.5) is 0 Å². The number of benzene rings is 1. The number of aliphatic hydroxyl groups is 1. The number of likely N-dealkylation sites (tertiary alicyclic amines) is 1. The molecule has 194 valence electrons. The highest BCUT2D eigenvalue weighted by Crippen LogP contribution is 2.71. The third-order valence-electron chi connectivity index (χ3n) is 8.11. The van der Waals surface area contributed by atoms with Crippen LogP contribution < -0.4 is 0 Å². The number of rotatable bonds is 10. The van der Waals surface area contributed by atoms with E-state index in [1.54, 1.807) is 52.6 Å². The summed E-state index contributed by atoms with van der Waals surface area (Å²) >= 11 is 1.65. The zero-order chi connectivity index (χ0) is 26.3. The Morgan fingerprint density at radius 2 is 1.86 bits per heavy atom. The topological polar surface area (TPSA) is 81.2 Å². The first kappa shape index (κ1) is 26.5. The van der Waals surface area contributed by atoms with E-state index in [2.05, 4.69) is 20.1 Å². The van der Waals surface area contributed by atoms with Crippen molar-refractivity contribution in [2.75, 3.05) is 26.7 Å². The summed E-state index contributed by atoms with van der Waals surface area (Å²) in [7, 11) is 1.73. The second-order valence-electron chi connectivity index (χ2n) is 10.5. The van der Waals surface area contributed by atoms with Crippen molar-refractivity contribution in [1.82, 2.24) is 14.7 Å². The molecule has 1 spiro atoms. The smallest absolute Gasteiger partial charge is 0.247 e. The molecule has 3 aliphatic heterocycles. The van der Waals surface area contributed by atoms with Crippen molar-refractivity contribution in [3.63, 3.8) is 0 Å². The van der Waals surface area contributed by atoms with Gasteiger partial charge in [0.25, 0.3) is 0 Å². The van der Waals surface area contributed by atoms with Gasteiger partial charge in [-0.25, -0.2) is 0 Å². The molecule has 3 amide bonds. The maximum atomic E-state index is 14.3. The Balaban J connectivity index is 1.77. The molecule has 3 aliphatic rings. The van der Waals surface area contributed by atoms with Crippen LogP contribution in [-0.4, -0.2) is 85.8 Å². The summed E-state index contributed by atoms with van der Waals surface area (Å²) in [6.45, 7) is 12.3. The van der Waals surface area contributed by atoms with Gasteiger partial charge in [-0.15, -0.1) is 24.9 Å². The summed E-state index contributed by atoms with van der Waals surface area (Å²) in [5.41, 5.74) is 0.988. The van der Waals surface area contributed by atoms with Crippen LogP contribution in [0.5, 0.6) is 0 Å². The van der Waals surface area contributed by atoms with Gasteiger partial charge < -0.3 is 19.8 Å². The van der Waals surface area contributed by atoms with E-state index in [0.717, 1.165) is 12.0 Å². The van der Waals surface area contributed by atoms with E-state index < -0.39 is 33.4 Å². The second-order valence-corrected chi connectivity index (χ2v) is 12.4. The van der Waals surface area contributed by atoms with Crippen LogP contribution in [0.25, 0.3) is 0 Å². The zero-order valence-corrected chi connectivity index (χ0v) is 22.2. The lowest BCUT2D eigenvalue weighted by Gasteiger charge is -2.39. The number of amides is 3. The molecule has 2 unspecified atom stereocenters. The summed E-state index contributed by atoms with van der Waals surface area (Å²) in [6.07, 6.45) is 4.81. The molecule has 0 aromatic heterocycles. The SMILES string of the molecule is C=CCN(C)C(=O)[C@H]1[C@H]2C(=O)N([C@H](C)CO)C(C(=O)N(CC=C)Cc3ccccc3)C23CC[C@]1(C)S3. The quantitative estimate of drug-likeness (QED) is 0.489. The lowest BCUT2D eigenvalue weighted by Crippen LogP contribution is -2.56. The highest BCUT2D eigenvalue weighted by Gasteiger charge is 2.77. The summed E-state index contributed by atoms with van der Waals surface area (Å²) in [6, 6.07) is 8.45. The van der Waals surface area contributed by atoms with E-state index in [1.165, 1.54) is 0 Å². The van der Waals surface area contributed by atoms with E-state index in [1.807, 2.05) is 30.3 Å². The van der Waals surface area contributed by atoms with Gasteiger partial charge in [0.15, 0.2) is 0 Å². The number of fused-ring (bicyclic) bond motifs is 1. The molecular formula is C28H37N3O4S. The molecule has 0 saturated carbocycles. The Morgan fingerprint density at radius 1 is 1.19 bits per heavy atom. The maximum absolute atomic E-state index is 14.3. The maximum Gasteiger partial charge on any atom is 0.247 e. The molecule has 3 saturated heterocycles. The minimum Gasteiger partial charge on any atom is -0.394 e. The van der Waals surface area contributed by atoms with Gasteiger partial charge in [0.05, 0.1) is 29.2 Å². The largest absolute Gasteiger partial charge is 0.394 e. The number of hydrogen-bond donors (Lipinski definition) is 1. The van der Waals surface area contributed by atoms with Crippen LogP contribution in [-0.2, 0) is 20.9 Å². The molecule has 1 aromatic rings. The Morgan fingerprint density at radius 3 is 2.47 bits per heavy atom. The van der Waals surface area contributed by atoms with Gasteiger partial charge in [0.2, 0.25) is 17.7 Å². The summed E-state index contributed by atoms with van der Waals surface area (Å²) in [5.74, 6) is -1.57. The van der Waals surface area contributed by atoms with Crippen LogP contribution >= 0.6 is 11.8 Å². The van der Waals surface area contributed by atoms with Gasteiger partial charge in [-0.2, -0.15) is 0 Å². The fourth-order valence-corrected chi connectivity index (χ4v) is 8.80. The Hall–Kier alpha value is -2.58. The number of hydrogen-bond acceptors (Lipinski definition) is 5. The molecule has 4 rings (SSSR count). The Bertz CT molecular complexity index is 1050. The van der Waals surface area contributed by atoms with Crippen LogP contribution in [0.1, 0.15) is 32.3 Å². The van der Waals surface area contributed by atoms with Gasteiger partial charge >= 0.3 is 0 Å². The normalized spacial score (nSPS) is 31.2. The lowest BCUT2D eigenvalue weighted by atomic mass is 9.66. The zero-order valence-electron chi connectivity index (χ0n) is 21.4. The first-order valence-corrected chi connectivity index (χ1v) is 13.4. The standard InChI is InChI=1S/C28H37N3O4S/c1-6-15-29(5)24(33)21-22-25(34)31(19(3)18-32)23(28(22)14-13-27(21,4)36-28)26(35)30(16-7-2)17-20-11-9-8-10-12-20/h6-12,19,21-23,32H,1-2,13-18H2,3-5H3/t19-,21-,22+,23?,27+,28?/m1/s1. The average molecular weight is 512 g/mol. The van der Waals surface area contributed by atoms with Crippen molar-refractivity contribution in [2.45, 2.75) is 54.8 Å². The van der Waals surface area contributed by atoms with Crippen molar-refractivity contribution in [3.05, 3.63) is 61.2 Å². The van der Waals surface area contributed by atoms with Crippen molar-refractivity contribution < 1.29 is 19.5 Å². The molecule has 3 fully saturated rings. The number of aliphatic hydroxyl groups excluding tert-OH is 1. The highest BCUT2D eigenvalue weighted by molar-refractivity contribution is 8.02. The van der Waals surface area contributed by atoms with E-state index in [-0.39, 0.29) is 24.3 Å². The van der Waals surface area contributed by atoms with Gasteiger partial charge in [-0.3, -0.25) is 14.4 Å². The van der Waals surface area contributed by atoms with Crippen molar-refractivity contribution in [3.8, 4) is 0 Å². The van der Waals surface area contributed by atoms with Gasteiger partial charge in [-0.05, 0) is 32.3 Å². The number of carbonyl (C=O) groups excluding carboxylic acids is 3. The van der Waals surface area contributed by atoms with Crippen LogP contribution in [0.3, 0.4) is 0 Å². The fourth-order valence-electron chi connectivity index (χ4n) is 6.47. The molecule has 8 heteroatoms. The highest BCUT2D eigenvalue weighted by atomic mass is 32.2. The molecule has 0 aliphatic carbocycles. The molecule has 6 atom stereocenters. The predicted octanol–water partition coefficient (Wildman–Crippen LogP) is 2.71. The molecular weight excluding hydrogens is 474 g/mol.